The minimum Gasteiger partial charge on any atom is -0.456 e. The molecule has 0 aliphatic carbocycles. The highest BCUT2D eigenvalue weighted by Gasteiger charge is 2.21. The van der Waals surface area contributed by atoms with Crippen molar-refractivity contribution >= 4 is 43.5 Å². The van der Waals surface area contributed by atoms with Gasteiger partial charge in [-0.15, -0.1) is 0 Å². The molecular weight excluding hydrogens is 472 g/mol. The molecule has 1 nitrogen and oxygen atoms in total. The first-order chi connectivity index (χ1) is 19.8. The van der Waals surface area contributed by atoms with Crippen LogP contribution >= 0.6 is 0 Å². The molecule has 0 spiro atoms. The average Bonchev–Trinajstić information content (AvgIpc) is 3.39. The number of fused-ring (bicyclic) bond motifs is 5. The molecule has 0 atom stereocenters. The Morgan fingerprint density at radius 1 is 0.385 bits per heavy atom. The lowest BCUT2D eigenvalue weighted by Gasteiger charge is -2.20. The molecule has 0 bridgehead atoms. The predicted octanol–water partition coefficient (Wildman–Crippen LogP) is 10.9. The molecule has 0 aliphatic rings. The van der Waals surface area contributed by atoms with Gasteiger partial charge >= 0.3 is 0 Å². The molecule has 7 aromatic carbocycles. The Kier molecular flexibility index (Phi) is 4.66. The smallest absolute Gasteiger partial charge is 0.136 e. The van der Waals surface area contributed by atoms with E-state index < -0.39 is 0 Å². The third kappa shape index (κ3) is 3.34. The fraction of sp³-hybridized carbons (Fsp3) is 0. The van der Waals surface area contributed by atoms with Crippen molar-refractivity contribution < 1.29 is 5.79 Å². The van der Waals surface area contributed by atoms with E-state index in [1.54, 1.807) is 0 Å². The van der Waals surface area contributed by atoms with E-state index in [2.05, 4.69) is 103 Å². The standard InChI is InChI=1S/C38H24O/c1-2-13-25(14-3-1)26-15-4-5-16-27(26)36-28-17-6-8-19-30(28)37(31-20-9-7-18-29(31)36)33-22-12-24-35-38(33)32-21-10-11-23-34(32)39-35/h1-24H/i1D. The van der Waals surface area contributed by atoms with Gasteiger partial charge in [0.05, 0.1) is 1.37 Å². The van der Waals surface area contributed by atoms with Crippen molar-refractivity contribution in [1.29, 1.82) is 0 Å². The van der Waals surface area contributed by atoms with Gasteiger partial charge in [0.25, 0.3) is 0 Å². The molecule has 8 rings (SSSR count). The van der Waals surface area contributed by atoms with Crippen molar-refractivity contribution in [3.8, 4) is 33.4 Å². The normalized spacial score (nSPS) is 11.9. The van der Waals surface area contributed by atoms with Crippen LogP contribution in [0.25, 0.3) is 76.9 Å². The van der Waals surface area contributed by atoms with E-state index in [9.17, 15) is 0 Å². The second kappa shape index (κ2) is 8.72. The van der Waals surface area contributed by atoms with Crippen molar-refractivity contribution in [1.82, 2.24) is 0 Å². The van der Waals surface area contributed by atoms with E-state index in [1.807, 2.05) is 36.4 Å². The van der Waals surface area contributed by atoms with Gasteiger partial charge in [-0.1, -0.05) is 133 Å². The van der Waals surface area contributed by atoms with Gasteiger partial charge in [-0.3, -0.25) is 0 Å². The number of hydrogen-bond donors (Lipinski definition) is 0. The topological polar surface area (TPSA) is 13.1 Å². The monoisotopic (exact) mass is 497 g/mol. The Balaban J connectivity index is 1.52. The maximum absolute atomic E-state index is 7.98. The zero-order chi connectivity index (χ0) is 26.6. The molecule has 0 unspecified atom stereocenters. The zero-order valence-corrected chi connectivity index (χ0v) is 21.2. The molecule has 39 heavy (non-hydrogen) atoms. The van der Waals surface area contributed by atoms with Crippen LogP contribution in [0.4, 0.5) is 0 Å². The van der Waals surface area contributed by atoms with E-state index in [4.69, 9.17) is 5.79 Å². The van der Waals surface area contributed by atoms with Gasteiger partial charge in [-0.2, -0.15) is 0 Å². The van der Waals surface area contributed by atoms with Crippen molar-refractivity contribution in [2.24, 2.45) is 0 Å². The molecule has 8 aromatic rings. The van der Waals surface area contributed by atoms with Crippen molar-refractivity contribution in [3.05, 3.63) is 146 Å². The minimum atomic E-state index is 0.516. The van der Waals surface area contributed by atoms with Crippen LogP contribution in [0, 0.1) is 0 Å². The van der Waals surface area contributed by atoms with Crippen LogP contribution in [-0.2, 0) is 0 Å². The fourth-order valence-electron chi connectivity index (χ4n) is 6.21. The predicted molar refractivity (Wildman–Crippen MR) is 165 cm³/mol. The summed E-state index contributed by atoms with van der Waals surface area (Å²) in [4.78, 5) is 0. The summed E-state index contributed by atoms with van der Waals surface area (Å²) in [5.41, 5.74) is 8.90. The summed E-state index contributed by atoms with van der Waals surface area (Å²) in [6.07, 6.45) is 0. The second-order valence-corrected chi connectivity index (χ2v) is 9.95. The number of furan rings is 1. The fourth-order valence-corrected chi connectivity index (χ4v) is 6.21. The van der Waals surface area contributed by atoms with Gasteiger partial charge in [-0.25, -0.2) is 0 Å². The Morgan fingerprint density at radius 2 is 0.872 bits per heavy atom. The molecule has 0 amide bonds. The first kappa shape index (κ1) is 20.9. The van der Waals surface area contributed by atoms with E-state index in [-0.39, 0.29) is 0 Å². The van der Waals surface area contributed by atoms with Crippen LogP contribution in [-0.4, -0.2) is 0 Å². The van der Waals surface area contributed by atoms with E-state index >= 15 is 0 Å². The lowest BCUT2D eigenvalue weighted by Crippen LogP contribution is -1.93. The minimum absolute atomic E-state index is 0.516. The summed E-state index contributed by atoms with van der Waals surface area (Å²) in [7, 11) is 0. The number of rotatable bonds is 3. The highest BCUT2D eigenvalue weighted by molar-refractivity contribution is 6.26. The summed E-state index contributed by atoms with van der Waals surface area (Å²) in [6, 6.07) is 49.2. The van der Waals surface area contributed by atoms with Gasteiger partial charge in [0.1, 0.15) is 11.2 Å². The van der Waals surface area contributed by atoms with Crippen LogP contribution in [0.1, 0.15) is 1.37 Å². The van der Waals surface area contributed by atoms with Crippen molar-refractivity contribution in [3.63, 3.8) is 0 Å². The molecule has 1 aromatic heterocycles. The molecule has 1 heteroatoms. The summed E-state index contributed by atoms with van der Waals surface area (Å²) in [5.74, 6) is 0. The van der Waals surface area contributed by atoms with Gasteiger partial charge in [0, 0.05) is 10.8 Å². The molecule has 0 saturated carbocycles. The molecular formula is C38H24O. The maximum Gasteiger partial charge on any atom is 0.136 e. The van der Waals surface area contributed by atoms with Crippen LogP contribution in [0.5, 0.6) is 0 Å². The molecule has 1 heterocycles. The lowest BCUT2D eigenvalue weighted by atomic mass is 9.83. The van der Waals surface area contributed by atoms with Crippen LogP contribution < -0.4 is 0 Å². The Bertz CT molecular complexity index is 2160. The number of hydrogen-bond acceptors (Lipinski definition) is 1. The number of benzene rings is 7. The molecule has 182 valence electrons. The number of para-hydroxylation sites is 1. The molecule has 0 N–H and O–H groups in total. The molecule has 0 aliphatic heterocycles. The summed E-state index contributed by atoms with van der Waals surface area (Å²) in [6.45, 7) is 0. The lowest BCUT2D eigenvalue weighted by molar-refractivity contribution is 0.669. The highest BCUT2D eigenvalue weighted by atomic mass is 16.3. The van der Waals surface area contributed by atoms with Crippen LogP contribution in [0.2, 0.25) is 0 Å². The van der Waals surface area contributed by atoms with Crippen LogP contribution in [0.3, 0.4) is 0 Å². The SMILES string of the molecule is [2H]c1ccc(-c2ccccc2-c2c3ccccc3c(-c3cccc4oc5ccccc5c34)c3ccccc23)cc1. The zero-order valence-electron chi connectivity index (χ0n) is 22.2. The van der Waals surface area contributed by atoms with Gasteiger partial charge in [-0.05, 0) is 67.1 Å². The summed E-state index contributed by atoms with van der Waals surface area (Å²) in [5, 5.41) is 7.14. The van der Waals surface area contributed by atoms with Crippen molar-refractivity contribution in [2.75, 3.05) is 0 Å². The van der Waals surface area contributed by atoms with E-state index in [1.165, 1.54) is 43.8 Å². The summed E-state index contributed by atoms with van der Waals surface area (Å²) < 4.78 is 14.3. The van der Waals surface area contributed by atoms with Gasteiger partial charge in [0.15, 0.2) is 0 Å². The maximum atomic E-state index is 7.98. The van der Waals surface area contributed by atoms with Gasteiger partial charge < -0.3 is 4.42 Å². The summed E-state index contributed by atoms with van der Waals surface area (Å²) >= 11 is 0. The largest absolute Gasteiger partial charge is 0.456 e. The highest BCUT2D eigenvalue weighted by Crippen LogP contribution is 2.48. The molecule has 0 fully saturated rings. The average molecular weight is 498 g/mol. The van der Waals surface area contributed by atoms with E-state index in [0.717, 1.165) is 33.1 Å². The van der Waals surface area contributed by atoms with Crippen molar-refractivity contribution in [2.45, 2.75) is 0 Å². The molecule has 0 radical (unpaired) electrons. The van der Waals surface area contributed by atoms with E-state index in [0.29, 0.717) is 6.04 Å². The first-order valence-electron chi connectivity index (χ1n) is 13.8. The Hall–Kier alpha value is -5.14. The second-order valence-electron chi connectivity index (χ2n) is 9.95. The Morgan fingerprint density at radius 3 is 1.54 bits per heavy atom. The Labute approximate surface area is 228 Å². The third-order valence-corrected chi connectivity index (χ3v) is 7.83. The molecule has 0 saturated heterocycles. The first-order valence-corrected chi connectivity index (χ1v) is 13.3. The quantitative estimate of drug-likeness (QED) is 0.221. The van der Waals surface area contributed by atoms with Crippen LogP contribution in [0.15, 0.2) is 150 Å². The van der Waals surface area contributed by atoms with Gasteiger partial charge in [0.2, 0.25) is 0 Å². The third-order valence-electron chi connectivity index (χ3n) is 7.83.